The van der Waals surface area contributed by atoms with Crippen molar-refractivity contribution in [2.24, 2.45) is 5.92 Å². The highest BCUT2D eigenvalue weighted by atomic mass is 32.2. The first-order valence-electron chi connectivity index (χ1n) is 11.0. The number of nitrogens with one attached hydrogen (secondary N) is 2. The third kappa shape index (κ3) is 4.26. The van der Waals surface area contributed by atoms with Gasteiger partial charge in [-0.05, 0) is 56.4 Å². The number of amides is 1. The van der Waals surface area contributed by atoms with Gasteiger partial charge in [-0.1, -0.05) is 25.6 Å². The minimum Gasteiger partial charge on any atom is -0.497 e. The summed E-state index contributed by atoms with van der Waals surface area (Å²) in [5.41, 5.74) is 2.38. The minimum absolute atomic E-state index is 0.150. The average Bonchev–Trinajstić information content (AvgIpc) is 3.18. The molecule has 0 unspecified atom stereocenters. The van der Waals surface area contributed by atoms with E-state index in [0.29, 0.717) is 34.0 Å². The fourth-order valence-corrected chi connectivity index (χ4v) is 5.16. The summed E-state index contributed by atoms with van der Waals surface area (Å²) in [5, 5.41) is 17.1. The molecular formula is C23H30N6O2S. The Morgan fingerprint density at radius 1 is 1.31 bits per heavy atom. The summed E-state index contributed by atoms with van der Waals surface area (Å²) < 4.78 is 7.08. The molecule has 1 aromatic carbocycles. The first-order valence-corrected chi connectivity index (χ1v) is 11.9. The number of methoxy groups -OCH3 is 1. The Kier molecular flexibility index (Phi) is 6.55. The molecule has 3 aromatic rings. The molecule has 4 rings (SSSR count). The molecule has 9 heteroatoms. The van der Waals surface area contributed by atoms with E-state index in [9.17, 15) is 4.79 Å². The van der Waals surface area contributed by atoms with Crippen LogP contribution >= 0.6 is 11.8 Å². The van der Waals surface area contributed by atoms with E-state index < -0.39 is 0 Å². The predicted molar refractivity (Wildman–Crippen MR) is 125 cm³/mol. The monoisotopic (exact) mass is 454 g/mol. The van der Waals surface area contributed by atoms with E-state index in [1.165, 1.54) is 11.8 Å². The minimum atomic E-state index is -0.266. The van der Waals surface area contributed by atoms with Gasteiger partial charge in [0.05, 0.1) is 17.7 Å². The molecule has 3 heterocycles. The number of aryl methyl sites for hydroxylation is 1. The molecule has 1 fully saturated rings. The largest absolute Gasteiger partial charge is 0.497 e. The van der Waals surface area contributed by atoms with E-state index in [2.05, 4.69) is 17.1 Å². The van der Waals surface area contributed by atoms with E-state index in [1.54, 1.807) is 11.7 Å². The number of fused-ring (bicyclic) bond motifs is 1. The SMILES string of the molecule is CC[C@@H](Sc1nc2n[nH]c(C)c2c(=N)n1-c1ccc(OC)cc1)C(=O)N1CCC(C)CC1. The van der Waals surface area contributed by atoms with Gasteiger partial charge in [-0.3, -0.25) is 19.9 Å². The van der Waals surface area contributed by atoms with Crippen LogP contribution in [0.1, 0.15) is 38.8 Å². The highest BCUT2D eigenvalue weighted by Gasteiger charge is 2.29. The number of hydrogen-bond acceptors (Lipinski definition) is 6. The smallest absolute Gasteiger partial charge is 0.236 e. The van der Waals surface area contributed by atoms with Crippen molar-refractivity contribution in [3.8, 4) is 11.4 Å². The molecule has 8 nitrogen and oxygen atoms in total. The van der Waals surface area contributed by atoms with Crippen molar-refractivity contribution >= 4 is 28.7 Å². The Hall–Kier alpha value is -2.81. The van der Waals surface area contributed by atoms with E-state index >= 15 is 0 Å². The molecule has 170 valence electrons. The van der Waals surface area contributed by atoms with Crippen molar-refractivity contribution in [2.75, 3.05) is 20.2 Å². The van der Waals surface area contributed by atoms with Crippen LogP contribution in [0.15, 0.2) is 29.4 Å². The van der Waals surface area contributed by atoms with Crippen molar-refractivity contribution in [1.82, 2.24) is 24.6 Å². The number of aromatic nitrogens is 4. The number of carbonyl (C=O) groups is 1. The summed E-state index contributed by atoms with van der Waals surface area (Å²) in [7, 11) is 1.63. The molecule has 2 aromatic heterocycles. The molecule has 1 aliphatic rings. The maximum atomic E-state index is 13.3. The lowest BCUT2D eigenvalue weighted by atomic mass is 9.99. The van der Waals surface area contributed by atoms with Gasteiger partial charge in [0.1, 0.15) is 11.2 Å². The summed E-state index contributed by atoms with van der Waals surface area (Å²) >= 11 is 1.42. The predicted octanol–water partition coefficient (Wildman–Crippen LogP) is 3.67. The summed E-state index contributed by atoms with van der Waals surface area (Å²) in [5.74, 6) is 1.56. The molecule has 1 saturated heterocycles. The van der Waals surface area contributed by atoms with E-state index in [-0.39, 0.29) is 11.2 Å². The van der Waals surface area contributed by atoms with E-state index in [0.717, 1.165) is 43.1 Å². The number of aromatic amines is 1. The number of likely N-dealkylation sites (tertiary alicyclic amines) is 1. The number of nitrogens with zero attached hydrogens (tertiary/aromatic N) is 4. The van der Waals surface area contributed by atoms with Crippen LogP contribution in [0.3, 0.4) is 0 Å². The van der Waals surface area contributed by atoms with Crippen LogP contribution < -0.4 is 10.2 Å². The lowest BCUT2D eigenvalue weighted by Crippen LogP contribution is -2.42. The van der Waals surface area contributed by atoms with E-state index in [1.807, 2.05) is 43.0 Å². The van der Waals surface area contributed by atoms with Crippen molar-refractivity contribution in [3.05, 3.63) is 35.4 Å². The second-order valence-corrected chi connectivity index (χ2v) is 9.52. The van der Waals surface area contributed by atoms with Crippen LogP contribution in [-0.2, 0) is 4.79 Å². The van der Waals surface area contributed by atoms with Gasteiger partial charge in [-0.25, -0.2) is 4.98 Å². The highest BCUT2D eigenvalue weighted by molar-refractivity contribution is 8.00. The number of thioether (sulfide) groups is 1. The summed E-state index contributed by atoms with van der Waals surface area (Å²) in [6.07, 6.45) is 2.78. The van der Waals surface area contributed by atoms with Crippen LogP contribution in [0.25, 0.3) is 16.7 Å². The highest BCUT2D eigenvalue weighted by Crippen LogP contribution is 2.29. The number of carbonyl (C=O) groups excluding carboxylic acids is 1. The third-order valence-corrected chi connectivity index (χ3v) is 7.41. The molecule has 1 aliphatic heterocycles. The number of hydrogen-bond donors (Lipinski definition) is 2. The van der Waals surface area contributed by atoms with Crippen molar-refractivity contribution in [3.63, 3.8) is 0 Å². The van der Waals surface area contributed by atoms with Gasteiger partial charge in [-0.15, -0.1) is 0 Å². The standard InChI is InChI=1S/C23H30N6O2S/c1-5-18(22(30)28-12-10-14(2)11-13-28)32-23-25-21-19(15(3)26-27-21)20(24)29(23)16-6-8-17(31-4)9-7-16/h6-9,14,18,24H,5,10-13H2,1-4H3,(H,26,27)/t18-/m1/s1. The zero-order valence-electron chi connectivity index (χ0n) is 19.0. The van der Waals surface area contributed by atoms with Crippen LogP contribution in [0.5, 0.6) is 5.75 Å². The normalized spacial score (nSPS) is 15.8. The number of benzene rings is 1. The summed E-state index contributed by atoms with van der Waals surface area (Å²) in [4.78, 5) is 20.1. The molecular weight excluding hydrogens is 424 g/mol. The van der Waals surface area contributed by atoms with Gasteiger partial charge in [0.25, 0.3) is 0 Å². The fourth-order valence-electron chi connectivity index (χ4n) is 4.05. The molecule has 0 spiro atoms. The Morgan fingerprint density at radius 3 is 2.62 bits per heavy atom. The van der Waals surface area contributed by atoms with Crippen molar-refractivity contribution < 1.29 is 9.53 Å². The van der Waals surface area contributed by atoms with Gasteiger partial charge < -0.3 is 9.64 Å². The molecule has 32 heavy (non-hydrogen) atoms. The zero-order valence-corrected chi connectivity index (χ0v) is 19.8. The average molecular weight is 455 g/mol. The molecule has 0 radical (unpaired) electrons. The Labute approximate surface area is 191 Å². The van der Waals surface area contributed by atoms with Gasteiger partial charge in [-0.2, -0.15) is 5.10 Å². The topological polar surface area (TPSA) is 99.9 Å². The molecule has 0 saturated carbocycles. The van der Waals surface area contributed by atoms with Crippen LogP contribution in [-0.4, -0.2) is 56.0 Å². The van der Waals surface area contributed by atoms with Crippen LogP contribution in [0.4, 0.5) is 0 Å². The Balaban J connectivity index is 1.74. The van der Waals surface area contributed by atoms with Crippen molar-refractivity contribution in [1.29, 1.82) is 5.41 Å². The number of H-pyrrole nitrogens is 1. The molecule has 1 atom stereocenters. The molecule has 0 aliphatic carbocycles. The Bertz CT molecular complexity index is 1160. The van der Waals surface area contributed by atoms with Gasteiger partial charge in [0.2, 0.25) is 5.91 Å². The number of piperidine rings is 1. The van der Waals surface area contributed by atoms with Crippen LogP contribution in [0, 0.1) is 18.3 Å². The zero-order chi connectivity index (χ0) is 22.8. The quantitative estimate of drug-likeness (QED) is 0.437. The molecule has 1 amide bonds. The van der Waals surface area contributed by atoms with Gasteiger partial charge in [0, 0.05) is 24.5 Å². The van der Waals surface area contributed by atoms with Gasteiger partial charge in [0.15, 0.2) is 10.8 Å². The van der Waals surface area contributed by atoms with E-state index in [4.69, 9.17) is 15.1 Å². The maximum absolute atomic E-state index is 13.3. The fraction of sp³-hybridized carbons (Fsp3) is 0.478. The second-order valence-electron chi connectivity index (χ2n) is 8.35. The molecule has 0 bridgehead atoms. The lowest BCUT2D eigenvalue weighted by Gasteiger charge is -2.32. The van der Waals surface area contributed by atoms with Crippen molar-refractivity contribution in [2.45, 2.75) is 50.4 Å². The summed E-state index contributed by atoms with van der Waals surface area (Å²) in [6, 6.07) is 7.53. The Morgan fingerprint density at radius 2 is 2.00 bits per heavy atom. The number of ether oxygens (including phenoxy) is 1. The maximum Gasteiger partial charge on any atom is 0.236 e. The number of rotatable bonds is 6. The lowest BCUT2D eigenvalue weighted by molar-refractivity contribution is -0.131. The first-order chi connectivity index (χ1) is 15.4. The second kappa shape index (κ2) is 9.36. The molecule has 2 N–H and O–H groups in total. The van der Waals surface area contributed by atoms with Crippen LogP contribution in [0.2, 0.25) is 0 Å². The first kappa shape index (κ1) is 22.4. The van der Waals surface area contributed by atoms with Gasteiger partial charge >= 0.3 is 0 Å². The third-order valence-electron chi connectivity index (χ3n) is 6.10. The summed E-state index contributed by atoms with van der Waals surface area (Å²) in [6.45, 7) is 7.77.